The van der Waals surface area contributed by atoms with Crippen molar-refractivity contribution in [2.45, 2.75) is 6.92 Å². The first kappa shape index (κ1) is 14.4. The number of aromatic hydroxyl groups is 1. The zero-order valence-corrected chi connectivity index (χ0v) is 12.7. The Bertz CT molecular complexity index is 874. The van der Waals surface area contributed by atoms with Gasteiger partial charge in [-0.3, -0.25) is 4.79 Å². The third-order valence-corrected chi connectivity index (χ3v) is 3.84. The number of hydrogen-bond acceptors (Lipinski definition) is 2. The molecule has 4 heteroatoms. The lowest BCUT2D eigenvalue weighted by atomic mass is 10.0. The molecule has 0 saturated heterocycles. The van der Waals surface area contributed by atoms with Crippen LogP contribution in [0.15, 0.2) is 54.6 Å². The zero-order chi connectivity index (χ0) is 15.7. The molecular weight excluding hydrogens is 298 g/mol. The highest BCUT2D eigenvalue weighted by Crippen LogP contribution is 2.27. The number of halogens is 1. The minimum Gasteiger partial charge on any atom is -0.508 e. The summed E-state index contributed by atoms with van der Waals surface area (Å²) >= 11 is 5.91. The van der Waals surface area contributed by atoms with Gasteiger partial charge in [-0.15, -0.1) is 0 Å². The fourth-order valence-electron chi connectivity index (χ4n) is 2.38. The number of benzene rings is 3. The molecule has 0 aliphatic heterocycles. The second-order valence-electron chi connectivity index (χ2n) is 5.11. The van der Waals surface area contributed by atoms with Gasteiger partial charge in [0.1, 0.15) is 5.75 Å². The van der Waals surface area contributed by atoms with Crippen LogP contribution in [-0.2, 0) is 0 Å². The van der Waals surface area contributed by atoms with E-state index in [1.807, 2.05) is 19.1 Å². The predicted octanol–water partition coefficient (Wildman–Crippen LogP) is 4.76. The number of aryl methyl sites for hydroxylation is 1. The largest absolute Gasteiger partial charge is 0.508 e. The van der Waals surface area contributed by atoms with E-state index >= 15 is 0 Å². The molecule has 1 amide bonds. The standard InChI is InChI=1S/C18H14ClNO2/c1-11-16-7-5-13(9-12(16)6-8-17(11)21)18(22)20-15-4-2-3-14(19)10-15/h2-10,21H,1H3,(H,20,22). The van der Waals surface area contributed by atoms with Gasteiger partial charge in [0.05, 0.1) is 0 Å². The van der Waals surface area contributed by atoms with E-state index in [0.29, 0.717) is 16.3 Å². The van der Waals surface area contributed by atoms with E-state index < -0.39 is 0 Å². The minimum absolute atomic E-state index is 0.199. The number of phenols is 1. The fraction of sp³-hybridized carbons (Fsp3) is 0.0556. The number of anilines is 1. The molecule has 3 aromatic carbocycles. The first-order chi connectivity index (χ1) is 10.5. The highest BCUT2D eigenvalue weighted by atomic mass is 35.5. The molecular formula is C18H14ClNO2. The third kappa shape index (κ3) is 2.76. The van der Waals surface area contributed by atoms with Crippen molar-refractivity contribution in [1.29, 1.82) is 0 Å². The maximum atomic E-state index is 12.3. The predicted molar refractivity (Wildman–Crippen MR) is 89.8 cm³/mol. The van der Waals surface area contributed by atoms with Gasteiger partial charge in [-0.25, -0.2) is 0 Å². The van der Waals surface area contributed by atoms with Crippen LogP contribution in [0.5, 0.6) is 5.75 Å². The lowest BCUT2D eigenvalue weighted by Crippen LogP contribution is -2.11. The van der Waals surface area contributed by atoms with Crippen LogP contribution in [0.3, 0.4) is 0 Å². The van der Waals surface area contributed by atoms with Gasteiger partial charge in [0.15, 0.2) is 0 Å². The van der Waals surface area contributed by atoms with Crippen LogP contribution in [0.1, 0.15) is 15.9 Å². The second kappa shape index (κ2) is 5.70. The van der Waals surface area contributed by atoms with E-state index in [0.717, 1.165) is 16.3 Å². The SMILES string of the molecule is Cc1c(O)ccc2cc(C(=O)Nc3cccc(Cl)c3)ccc12. The van der Waals surface area contributed by atoms with E-state index in [4.69, 9.17) is 11.6 Å². The molecule has 3 rings (SSSR count). The van der Waals surface area contributed by atoms with Crippen molar-refractivity contribution in [3.63, 3.8) is 0 Å². The van der Waals surface area contributed by atoms with Crippen molar-refractivity contribution < 1.29 is 9.90 Å². The highest BCUT2D eigenvalue weighted by Gasteiger charge is 2.09. The van der Waals surface area contributed by atoms with Gasteiger partial charge in [0.25, 0.3) is 5.91 Å². The molecule has 0 aromatic heterocycles. The topological polar surface area (TPSA) is 49.3 Å². The summed E-state index contributed by atoms with van der Waals surface area (Å²) in [5, 5.41) is 15.0. The summed E-state index contributed by atoms with van der Waals surface area (Å²) in [4.78, 5) is 12.3. The molecule has 0 heterocycles. The average Bonchev–Trinajstić information content (AvgIpc) is 2.50. The van der Waals surface area contributed by atoms with Crippen LogP contribution in [0.2, 0.25) is 5.02 Å². The summed E-state index contributed by atoms with van der Waals surface area (Å²) in [7, 11) is 0. The van der Waals surface area contributed by atoms with E-state index in [-0.39, 0.29) is 11.7 Å². The van der Waals surface area contributed by atoms with Gasteiger partial charge in [-0.2, -0.15) is 0 Å². The van der Waals surface area contributed by atoms with Crippen LogP contribution in [-0.4, -0.2) is 11.0 Å². The molecule has 0 spiro atoms. The molecule has 0 aliphatic rings. The van der Waals surface area contributed by atoms with E-state index in [1.54, 1.807) is 42.5 Å². The third-order valence-electron chi connectivity index (χ3n) is 3.61. The Morgan fingerprint density at radius 1 is 1.09 bits per heavy atom. The highest BCUT2D eigenvalue weighted by molar-refractivity contribution is 6.31. The van der Waals surface area contributed by atoms with Crippen molar-refractivity contribution in [3.8, 4) is 5.75 Å². The van der Waals surface area contributed by atoms with E-state index in [2.05, 4.69) is 5.32 Å². The van der Waals surface area contributed by atoms with E-state index in [1.165, 1.54) is 0 Å². The molecule has 0 bridgehead atoms. The molecule has 0 aliphatic carbocycles. The number of carbonyl (C=O) groups excluding carboxylic acids is 1. The van der Waals surface area contributed by atoms with Crippen LogP contribution in [0.4, 0.5) is 5.69 Å². The normalized spacial score (nSPS) is 10.6. The Hall–Kier alpha value is -2.52. The maximum absolute atomic E-state index is 12.3. The lowest BCUT2D eigenvalue weighted by Gasteiger charge is -2.08. The summed E-state index contributed by atoms with van der Waals surface area (Å²) in [5.74, 6) is 0.0542. The number of rotatable bonds is 2. The van der Waals surface area contributed by atoms with E-state index in [9.17, 15) is 9.90 Å². The monoisotopic (exact) mass is 311 g/mol. The number of hydrogen-bond donors (Lipinski definition) is 2. The summed E-state index contributed by atoms with van der Waals surface area (Å²) in [6, 6.07) is 15.8. The minimum atomic E-state index is -0.199. The quantitative estimate of drug-likeness (QED) is 0.717. The Labute approximate surface area is 133 Å². The summed E-state index contributed by atoms with van der Waals surface area (Å²) in [6.45, 7) is 1.85. The first-order valence-electron chi connectivity index (χ1n) is 6.84. The molecule has 0 atom stereocenters. The number of nitrogens with one attached hydrogen (secondary N) is 1. The molecule has 0 fully saturated rings. The number of phenolic OH excluding ortho intramolecular Hbond substituents is 1. The first-order valence-corrected chi connectivity index (χ1v) is 7.21. The van der Waals surface area contributed by atoms with Crippen molar-refractivity contribution >= 4 is 34.0 Å². The van der Waals surface area contributed by atoms with Crippen LogP contribution in [0.25, 0.3) is 10.8 Å². The maximum Gasteiger partial charge on any atom is 0.255 e. The molecule has 22 heavy (non-hydrogen) atoms. The smallest absolute Gasteiger partial charge is 0.255 e. The van der Waals surface area contributed by atoms with Gasteiger partial charge in [0.2, 0.25) is 0 Å². The number of amides is 1. The Morgan fingerprint density at radius 3 is 2.68 bits per heavy atom. The Balaban J connectivity index is 1.93. The van der Waals surface area contributed by atoms with Crippen molar-refractivity contribution in [2.24, 2.45) is 0 Å². The zero-order valence-electron chi connectivity index (χ0n) is 11.9. The molecule has 0 radical (unpaired) electrons. The van der Waals surface area contributed by atoms with Gasteiger partial charge in [0, 0.05) is 16.3 Å². The molecule has 110 valence electrons. The van der Waals surface area contributed by atoms with Gasteiger partial charge >= 0.3 is 0 Å². The summed E-state index contributed by atoms with van der Waals surface area (Å²) in [6.07, 6.45) is 0. The molecule has 3 nitrogen and oxygen atoms in total. The molecule has 3 aromatic rings. The van der Waals surface area contributed by atoms with Crippen molar-refractivity contribution in [2.75, 3.05) is 5.32 Å². The fourth-order valence-corrected chi connectivity index (χ4v) is 2.57. The summed E-state index contributed by atoms with van der Waals surface area (Å²) < 4.78 is 0. The summed E-state index contributed by atoms with van der Waals surface area (Å²) in [5.41, 5.74) is 2.01. The van der Waals surface area contributed by atoms with Crippen molar-refractivity contribution in [1.82, 2.24) is 0 Å². The Kier molecular flexibility index (Phi) is 3.73. The number of carbonyl (C=O) groups is 1. The van der Waals surface area contributed by atoms with Gasteiger partial charge in [-0.1, -0.05) is 29.8 Å². The molecule has 0 saturated carbocycles. The van der Waals surface area contributed by atoms with Crippen molar-refractivity contribution in [3.05, 3.63) is 70.7 Å². The van der Waals surface area contributed by atoms with Gasteiger partial charge < -0.3 is 10.4 Å². The molecule has 2 N–H and O–H groups in total. The van der Waals surface area contributed by atoms with Crippen LogP contribution < -0.4 is 5.32 Å². The molecule has 0 unspecified atom stereocenters. The number of fused-ring (bicyclic) bond motifs is 1. The Morgan fingerprint density at radius 2 is 1.91 bits per heavy atom. The van der Waals surface area contributed by atoms with Crippen LogP contribution in [0, 0.1) is 6.92 Å². The second-order valence-corrected chi connectivity index (χ2v) is 5.55. The van der Waals surface area contributed by atoms with Crippen LogP contribution >= 0.6 is 11.6 Å². The lowest BCUT2D eigenvalue weighted by molar-refractivity contribution is 0.102. The van der Waals surface area contributed by atoms with Gasteiger partial charge in [-0.05, 0) is 59.7 Å². The average molecular weight is 312 g/mol.